The zero-order chi connectivity index (χ0) is 28.0. The highest BCUT2D eigenvalue weighted by Crippen LogP contribution is 2.54. The van der Waals surface area contributed by atoms with Gasteiger partial charge >= 0.3 is 0 Å². The van der Waals surface area contributed by atoms with Crippen molar-refractivity contribution >= 4 is 16.6 Å². The monoisotopic (exact) mass is 544 g/mol. The first kappa shape index (κ1) is 30.8. The summed E-state index contributed by atoms with van der Waals surface area (Å²) in [5.74, 6) is 0.510. The topological polar surface area (TPSA) is 38.7 Å². The van der Waals surface area contributed by atoms with Crippen molar-refractivity contribution in [3.63, 3.8) is 0 Å². The minimum absolute atomic E-state index is 0.0137. The molecule has 0 aromatic rings. The third-order valence-electron chi connectivity index (χ3n) is 10.6. The molecule has 0 heterocycles. The third-order valence-corrected chi connectivity index (χ3v) is 19.6. The van der Waals surface area contributed by atoms with Crippen LogP contribution in [0.25, 0.3) is 0 Å². The second kappa shape index (κ2) is 10.7. The van der Waals surface area contributed by atoms with Crippen LogP contribution in [0.3, 0.4) is 0 Å². The molecule has 0 amide bonds. The summed E-state index contributed by atoms with van der Waals surface area (Å²) in [5, 5.41) is 10.3. The van der Waals surface area contributed by atoms with Crippen molar-refractivity contribution < 1.29 is 14.0 Å². The summed E-state index contributed by atoms with van der Waals surface area (Å²) in [6.45, 7) is 30.5. The highest BCUT2D eigenvalue weighted by Gasteiger charge is 2.46. The lowest BCUT2D eigenvalue weighted by Crippen LogP contribution is -2.49. The van der Waals surface area contributed by atoms with E-state index in [-0.39, 0.29) is 34.3 Å². The second-order valence-corrected chi connectivity index (χ2v) is 24.7. The number of allylic oxidation sites excluding steroid dienone is 4. The molecule has 0 saturated heterocycles. The van der Waals surface area contributed by atoms with Gasteiger partial charge in [0.15, 0.2) is 16.6 Å². The largest absolute Gasteiger partial charge is 0.413 e. The van der Waals surface area contributed by atoms with E-state index < -0.39 is 16.6 Å². The Morgan fingerprint density at radius 3 is 2.19 bits per heavy atom. The molecule has 37 heavy (non-hydrogen) atoms. The van der Waals surface area contributed by atoms with E-state index in [9.17, 15) is 5.11 Å². The maximum atomic E-state index is 9.95. The van der Waals surface area contributed by atoms with E-state index in [2.05, 4.69) is 99.5 Å². The Morgan fingerprint density at radius 1 is 1.03 bits per heavy atom. The molecule has 4 atom stereocenters. The smallest absolute Gasteiger partial charge is 0.192 e. The van der Waals surface area contributed by atoms with E-state index in [1.54, 1.807) is 0 Å². The maximum absolute atomic E-state index is 9.95. The molecule has 3 rings (SSSR count). The third kappa shape index (κ3) is 6.37. The number of aliphatic hydroxyl groups excluding tert-OH is 1. The molecule has 2 saturated carbocycles. The van der Waals surface area contributed by atoms with E-state index in [1.165, 1.54) is 29.6 Å². The summed E-state index contributed by atoms with van der Waals surface area (Å²) in [7, 11) is -3.87. The molecular weight excluding hydrogens is 489 g/mol. The highest BCUT2D eigenvalue weighted by atomic mass is 28.4. The molecule has 2 fully saturated rings. The van der Waals surface area contributed by atoms with Crippen molar-refractivity contribution in [3.8, 4) is 0 Å². The normalized spacial score (nSPS) is 32.2. The van der Waals surface area contributed by atoms with Gasteiger partial charge in [0.1, 0.15) is 0 Å². The van der Waals surface area contributed by atoms with Crippen LogP contribution in [0.2, 0.25) is 36.3 Å². The van der Waals surface area contributed by atoms with Gasteiger partial charge < -0.3 is 14.0 Å². The number of aliphatic hydroxyl groups is 1. The highest BCUT2D eigenvalue weighted by molar-refractivity contribution is 6.74. The van der Waals surface area contributed by atoms with Gasteiger partial charge in [0.25, 0.3) is 0 Å². The Morgan fingerprint density at radius 2 is 1.62 bits per heavy atom. The average Bonchev–Trinajstić information content (AvgIpc) is 3.09. The summed E-state index contributed by atoms with van der Waals surface area (Å²) in [5.41, 5.74) is 5.33. The first-order valence-corrected chi connectivity index (χ1v) is 20.4. The number of hydrogen-bond acceptors (Lipinski definition) is 3. The summed E-state index contributed by atoms with van der Waals surface area (Å²) in [4.78, 5) is 0. The molecule has 1 N–H and O–H groups in total. The van der Waals surface area contributed by atoms with Crippen LogP contribution in [0.15, 0.2) is 47.1 Å². The van der Waals surface area contributed by atoms with Crippen LogP contribution in [0, 0.1) is 11.3 Å². The summed E-state index contributed by atoms with van der Waals surface area (Å²) < 4.78 is 14.0. The van der Waals surface area contributed by atoms with Crippen molar-refractivity contribution in [1.29, 1.82) is 0 Å². The molecule has 0 unspecified atom stereocenters. The molecule has 3 aliphatic carbocycles. The Labute approximate surface area is 230 Å². The van der Waals surface area contributed by atoms with Crippen LogP contribution in [0.1, 0.15) is 87.0 Å². The molecule has 0 aliphatic heterocycles. The second-order valence-electron chi connectivity index (χ2n) is 15.2. The van der Waals surface area contributed by atoms with Crippen molar-refractivity contribution in [2.75, 3.05) is 6.61 Å². The number of fused-ring (bicyclic) bond motifs is 1. The molecule has 3 nitrogen and oxygen atoms in total. The maximum Gasteiger partial charge on any atom is 0.192 e. The van der Waals surface area contributed by atoms with Gasteiger partial charge in [0, 0.05) is 6.42 Å². The van der Waals surface area contributed by atoms with E-state index in [4.69, 9.17) is 8.85 Å². The Bertz CT molecular complexity index is 957. The van der Waals surface area contributed by atoms with Gasteiger partial charge in [0.05, 0.1) is 18.8 Å². The van der Waals surface area contributed by atoms with Crippen LogP contribution in [-0.4, -0.2) is 40.6 Å². The predicted octanol–water partition coefficient (Wildman–Crippen LogP) is 9.10. The average molecular weight is 545 g/mol. The van der Waals surface area contributed by atoms with Crippen LogP contribution in [0.4, 0.5) is 0 Å². The lowest BCUT2D eigenvalue weighted by Gasteiger charge is -2.45. The zero-order valence-corrected chi connectivity index (χ0v) is 27.9. The number of hydrogen-bond donors (Lipinski definition) is 1. The van der Waals surface area contributed by atoms with Crippen molar-refractivity contribution in [1.82, 2.24) is 0 Å². The van der Waals surface area contributed by atoms with Gasteiger partial charge in [0.2, 0.25) is 0 Å². The van der Waals surface area contributed by atoms with Crippen molar-refractivity contribution in [3.05, 3.63) is 47.1 Å². The van der Waals surface area contributed by atoms with E-state index in [0.29, 0.717) is 5.92 Å². The fraction of sp³-hybridized carbons (Fsp3) is 0.750. The SMILES string of the molecule is C=C1C(=CC=C2CCC[C@]3(C)C(CO)=CC[C@@H]23)C[C@@H](O[Si](C)(C)C(C)(C)C)C[C@@H]1O[Si](C)(C)C(C)(C)C. The molecule has 210 valence electrons. The fourth-order valence-electron chi connectivity index (χ4n) is 5.92. The van der Waals surface area contributed by atoms with Crippen LogP contribution in [0.5, 0.6) is 0 Å². The summed E-state index contributed by atoms with van der Waals surface area (Å²) in [6.07, 6.45) is 13.6. The standard InChI is InChI=1S/C32H56O3Si2/c1-23-25(16-15-24-14-13-19-32(8)26(22-33)17-18-28(24)32)20-27(34-36(9,10)30(2,3)4)21-29(23)35-37(11,12)31(5,6)7/h15-17,27-29,33H,1,13-14,18-22H2,2-12H3/t27-,28+,29+,32-/m1/s1. The Balaban J connectivity index is 1.92. The molecular formula is C32H56O3Si2. The van der Waals surface area contributed by atoms with Crippen LogP contribution < -0.4 is 0 Å². The van der Waals surface area contributed by atoms with Gasteiger partial charge in [-0.3, -0.25) is 0 Å². The molecule has 0 aromatic carbocycles. The van der Waals surface area contributed by atoms with Gasteiger partial charge in [-0.25, -0.2) is 0 Å². The van der Waals surface area contributed by atoms with E-state index in [1.807, 2.05) is 0 Å². The van der Waals surface area contributed by atoms with Crippen LogP contribution >= 0.6 is 0 Å². The van der Waals surface area contributed by atoms with Gasteiger partial charge in [-0.2, -0.15) is 0 Å². The summed E-state index contributed by atoms with van der Waals surface area (Å²) in [6, 6.07) is 0. The predicted molar refractivity (Wildman–Crippen MR) is 164 cm³/mol. The first-order valence-electron chi connectivity index (χ1n) is 14.6. The Kier molecular flexibility index (Phi) is 8.90. The first-order chi connectivity index (χ1) is 16.8. The zero-order valence-electron chi connectivity index (χ0n) is 25.9. The number of rotatable bonds is 6. The van der Waals surface area contributed by atoms with Gasteiger partial charge in [-0.05, 0) is 96.4 Å². The molecule has 5 heteroatoms. The molecule has 3 aliphatic rings. The Hall–Kier alpha value is -0.726. The van der Waals surface area contributed by atoms with Crippen molar-refractivity contribution in [2.45, 2.75) is 135 Å². The lowest BCUT2D eigenvalue weighted by molar-refractivity contribution is 0.0969. The fourth-order valence-corrected chi connectivity index (χ4v) is 8.59. The molecule has 0 radical (unpaired) electrons. The lowest BCUT2D eigenvalue weighted by atomic mass is 9.64. The molecule has 0 spiro atoms. The van der Waals surface area contributed by atoms with Crippen molar-refractivity contribution in [2.24, 2.45) is 11.3 Å². The minimum atomic E-state index is -1.96. The van der Waals surface area contributed by atoms with Gasteiger partial charge in [-0.1, -0.05) is 78.8 Å². The van der Waals surface area contributed by atoms with Crippen LogP contribution in [-0.2, 0) is 8.85 Å². The molecule has 0 bridgehead atoms. The quantitative estimate of drug-likeness (QED) is 0.268. The van der Waals surface area contributed by atoms with Gasteiger partial charge in [-0.15, -0.1) is 0 Å². The van der Waals surface area contributed by atoms with E-state index in [0.717, 1.165) is 31.3 Å². The molecule has 0 aromatic heterocycles. The summed E-state index contributed by atoms with van der Waals surface area (Å²) >= 11 is 0. The minimum Gasteiger partial charge on any atom is -0.413 e. The van der Waals surface area contributed by atoms with E-state index >= 15 is 0 Å².